The number of aryl methyl sites for hydroxylation is 1. The molecule has 0 radical (unpaired) electrons. The highest BCUT2D eigenvalue weighted by molar-refractivity contribution is 7.99. The van der Waals surface area contributed by atoms with Gasteiger partial charge in [-0.3, -0.25) is 0 Å². The molecule has 0 unspecified atom stereocenters. The number of aromatic nitrogens is 3. The van der Waals surface area contributed by atoms with E-state index in [0.29, 0.717) is 6.54 Å². The normalized spacial score (nSPS) is 10.6. The van der Waals surface area contributed by atoms with Crippen LogP contribution in [0.3, 0.4) is 0 Å². The molecule has 0 fully saturated rings. The van der Waals surface area contributed by atoms with Gasteiger partial charge in [0.25, 0.3) is 0 Å². The van der Waals surface area contributed by atoms with Crippen molar-refractivity contribution in [2.45, 2.75) is 16.5 Å². The molecule has 84 valence electrons. The van der Waals surface area contributed by atoms with E-state index in [-0.39, 0.29) is 0 Å². The number of hydrogen-bond donors (Lipinski definition) is 1. The molecule has 0 amide bonds. The van der Waals surface area contributed by atoms with Crippen molar-refractivity contribution >= 4 is 11.8 Å². The third-order valence-electron chi connectivity index (χ3n) is 2.24. The van der Waals surface area contributed by atoms with Gasteiger partial charge in [-0.05, 0) is 42.4 Å². The van der Waals surface area contributed by atoms with E-state index in [9.17, 15) is 0 Å². The molecule has 0 atom stereocenters. The van der Waals surface area contributed by atoms with Crippen molar-refractivity contribution in [3.05, 3.63) is 36.2 Å². The molecule has 0 bridgehead atoms. The first-order chi connectivity index (χ1) is 7.79. The average Bonchev–Trinajstić information content (AvgIpc) is 2.68. The fraction of sp³-hybridized carbons (Fsp3) is 0.273. The van der Waals surface area contributed by atoms with Crippen LogP contribution in [0.15, 0.2) is 40.6 Å². The number of hydrogen-bond acceptors (Lipinski definition) is 4. The molecule has 0 aliphatic carbocycles. The van der Waals surface area contributed by atoms with Crippen LogP contribution in [0.5, 0.6) is 0 Å². The predicted octanol–water partition coefficient (Wildman–Crippen LogP) is 1.47. The van der Waals surface area contributed by atoms with Gasteiger partial charge < -0.3 is 10.3 Å². The molecule has 0 saturated heterocycles. The van der Waals surface area contributed by atoms with Crippen LogP contribution in [0.2, 0.25) is 0 Å². The molecular weight excluding hydrogens is 220 g/mol. The van der Waals surface area contributed by atoms with Gasteiger partial charge in [-0.1, -0.05) is 12.1 Å². The highest BCUT2D eigenvalue weighted by Gasteiger charge is 2.03. The molecule has 4 nitrogen and oxygen atoms in total. The Morgan fingerprint density at radius 1 is 1.31 bits per heavy atom. The second kappa shape index (κ2) is 5.14. The van der Waals surface area contributed by atoms with Crippen molar-refractivity contribution in [3.8, 4) is 0 Å². The SMILES string of the molecule is Cn1cnnc1Sc1ccc(CCN)cc1. The summed E-state index contributed by atoms with van der Waals surface area (Å²) in [6.45, 7) is 0.690. The third-order valence-corrected chi connectivity index (χ3v) is 3.30. The van der Waals surface area contributed by atoms with Crippen LogP contribution in [0, 0.1) is 0 Å². The Morgan fingerprint density at radius 3 is 2.62 bits per heavy atom. The minimum atomic E-state index is 0.690. The quantitative estimate of drug-likeness (QED) is 0.870. The van der Waals surface area contributed by atoms with Crippen LogP contribution < -0.4 is 5.73 Å². The van der Waals surface area contributed by atoms with E-state index in [1.54, 1.807) is 18.1 Å². The molecule has 2 rings (SSSR count). The van der Waals surface area contributed by atoms with Crippen molar-refractivity contribution in [1.29, 1.82) is 0 Å². The summed E-state index contributed by atoms with van der Waals surface area (Å²) in [6, 6.07) is 8.38. The molecule has 5 heteroatoms. The Hall–Kier alpha value is -1.33. The minimum absolute atomic E-state index is 0.690. The fourth-order valence-corrected chi connectivity index (χ4v) is 2.12. The lowest BCUT2D eigenvalue weighted by atomic mass is 10.2. The van der Waals surface area contributed by atoms with E-state index in [1.165, 1.54) is 5.56 Å². The van der Waals surface area contributed by atoms with Crippen LogP contribution in [0.4, 0.5) is 0 Å². The summed E-state index contributed by atoms with van der Waals surface area (Å²) < 4.78 is 1.90. The second-order valence-electron chi connectivity index (χ2n) is 3.51. The standard InChI is InChI=1S/C11H14N4S/c1-15-8-13-14-11(15)16-10-4-2-9(3-5-10)6-7-12/h2-5,8H,6-7,12H2,1H3. The third kappa shape index (κ3) is 2.62. The molecule has 1 aromatic heterocycles. The lowest BCUT2D eigenvalue weighted by Gasteiger charge is -2.02. The summed E-state index contributed by atoms with van der Waals surface area (Å²) in [5.41, 5.74) is 6.77. The average molecular weight is 234 g/mol. The Balaban J connectivity index is 2.08. The molecule has 0 aliphatic heterocycles. The van der Waals surface area contributed by atoms with Crippen LogP contribution in [0.25, 0.3) is 0 Å². The van der Waals surface area contributed by atoms with Gasteiger partial charge in [0.1, 0.15) is 6.33 Å². The summed E-state index contributed by atoms with van der Waals surface area (Å²) in [5, 5.41) is 8.76. The molecule has 0 saturated carbocycles. The molecule has 1 heterocycles. The summed E-state index contributed by atoms with van der Waals surface area (Å²) >= 11 is 1.61. The summed E-state index contributed by atoms with van der Waals surface area (Å²) in [5.74, 6) is 0. The molecule has 1 aromatic carbocycles. The molecule has 2 aromatic rings. The van der Waals surface area contributed by atoms with Gasteiger partial charge in [0.15, 0.2) is 5.16 Å². The zero-order valence-electron chi connectivity index (χ0n) is 9.13. The Labute approximate surface area is 98.9 Å². The maximum Gasteiger partial charge on any atom is 0.195 e. The van der Waals surface area contributed by atoms with E-state index >= 15 is 0 Å². The number of benzene rings is 1. The van der Waals surface area contributed by atoms with E-state index in [1.807, 2.05) is 11.6 Å². The van der Waals surface area contributed by atoms with Crippen LogP contribution in [-0.4, -0.2) is 21.3 Å². The summed E-state index contributed by atoms with van der Waals surface area (Å²) in [7, 11) is 1.94. The van der Waals surface area contributed by atoms with Gasteiger partial charge >= 0.3 is 0 Å². The second-order valence-corrected chi connectivity index (χ2v) is 4.55. The Bertz CT molecular complexity index is 449. The van der Waals surface area contributed by atoms with Gasteiger partial charge in [0.05, 0.1) is 0 Å². The topological polar surface area (TPSA) is 56.7 Å². The van der Waals surface area contributed by atoms with Gasteiger partial charge in [-0.25, -0.2) is 0 Å². The maximum absolute atomic E-state index is 5.50. The highest BCUT2D eigenvalue weighted by Crippen LogP contribution is 2.25. The highest BCUT2D eigenvalue weighted by atomic mass is 32.2. The number of nitrogens with zero attached hydrogens (tertiary/aromatic N) is 3. The smallest absolute Gasteiger partial charge is 0.195 e. The van der Waals surface area contributed by atoms with E-state index in [0.717, 1.165) is 16.5 Å². The lowest BCUT2D eigenvalue weighted by molar-refractivity contribution is 0.788. The van der Waals surface area contributed by atoms with Crippen molar-refractivity contribution in [3.63, 3.8) is 0 Å². The Kier molecular flexibility index (Phi) is 3.58. The van der Waals surface area contributed by atoms with Gasteiger partial charge in [-0.15, -0.1) is 10.2 Å². The van der Waals surface area contributed by atoms with Gasteiger partial charge in [0, 0.05) is 11.9 Å². The van der Waals surface area contributed by atoms with E-state index in [2.05, 4.69) is 34.5 Å². The predicted molar refractivity (Wildman–Crippen MR) is 64.3 cm³/mol. The van der Waals surface area contributed by atoms with Crippen LogP contribution in [-0.2, 0) is 13.5 Å². The zero-order chi connectivity index (χ0) is 11.4. The summed E-state index contributed by atoms with van der Waals surface area (Å²) in [6.07, 6.45) is 2.63. The van der Waals surface area contributed by atoms with Crippen molar-refractivity contribution in [1.82, 2.24) is 14.8 Å². The molecule has 0 spiro atoms. The largest absolute Gasteiger partial charge is 0.330 e. The first kappa shape index (κ1) is 11.2. The summed E-state index contributed by atoms with van der Waals surface area (Å²) in [4.78, 5) is 1.16. The molecule has 2 N–H and O–H groups in total. The minimum Gasteiger partial charge on any atom is -0.330 e. The first-order valence-electron chi connectivity index (χ1n) is 5.10. The van der Waals surface area contributed by atoms with Crippen molar-refractivity contribution in [2.75, 3.05) is 6.54 Å². The van der Waals surface area contributed by atoms with Gasteiger partial charge in [0.2, 0.25) is 0 Å². The fourth-order valence-electron chi connectivity index (χ4n) is 1.36. The van der Waals surface area contributed by atoms with E-state index < -0.39 is 0 Å². The molecular formula is C11H14N4S. The lowest BCUT2D eigenvalue weighted by Crippen LogP contribution is -2.02. The Morgan fingerprint density at radius 2 is 2.06 bits per heavy atom. The zero-order valence-corrected chi connectivity index (χ0v) is 9.94. The van der Waals surface area contributed by atoms with E-state index in [4.69, 9.17) is 5.73 Å². The van der Waals surface area contributed by atoms with Gasteiger partial charge in [-0.2, -0.15) is 0 Å². The number of nitrogens with two attached hydrogens (primary N) is 1. The first-order valence-corrected chi connectivity index (χ1v) is 5.92. The maximum atomic E-state index is 5.50. The number of rotatable bonds is 4. The van der Waals surface area contributed by atoms with Crippen LogP contribution in [0.1, 0.15) is 5.56 Å². The molecule has 16 heavy (non-hydrogen) atoms. The van der Waals surface area contributed by atoms with Crippen molar-refractivity contribution in [2.24, 2.45) is 12.8 Å². The van der Waals surface area contributed by atoms with Crippen LogP contribution >= 0.6 is 11.8 Å². The molecule has 0 aliphatic rings. The monoisotopic (exact) mass is 234 g/mol. The van der Waals surface area contributed by atoms with Crippen molar-refractivity contribution < 1.29 is 0 Å².